The Hall–Kier alpha value is -2.15. The molecule has 1 fully saturated rings. The predicted octanol–water partition coefficient (Wildman–Crippen LogP) is 3.08. The maximum Gasteiger partial charge on any atom is 0.260 e. The molecule has 2 aromatic carbocycles. The first-order valence-electron chi connectivity index (χ1n) is 9.24. The van der Waals surface area contributed by atoms with Gasteiger partial charge in [-0.3, -0.25) is 9.69 Å². The van der Waals surface area contributed by atoms with E-state index in [1.54, 1.807) is 30.3 Å². The SMILES string of the molecule is CC1CN(Cc2ccc(F)cc2)CCN1C(=O)COc1ccc(Cl)cc1CO. The molecule has 0 radical (unpaired) electrons. The van der Waals surface area contributed by atoms with E-state index in [0.29, 0.717) is 22.9 Å². The van der Waals surface area contributed by atoms with E-state index in [1.807, 2.05) is 11.8 Å². The summed E-state index contributed by atoms with van der Waals surface area (Å²) in [5, 5.41) is 9.91. The molecule has 1 heterocycles. The minimum absolute atomic E-state index is 0.0489. The van der Waals surface area contributed by atoms with Gasteiger partial charge in [0.2, 0.25) is 0 Å². The van der Waals surface area contributed by atoms with Gasteiger partial charge in [0.25, 0.3) is 5.91 Å². The van der Waals surface area contributed by atoms with Crippen LogP contribution in [0.15, 0.2) is 42.5 Å². The van der Waals surface area contributed by atoms with Gasteiger partial charge in [-0.25, -0.2) is 4.39 Å². The van der Waals surface area contributed by atoms with Gasteiger partial charge in [-0.05, 0) is 42.8 Å². The highest BCUT2D eigenvalue weighted by Crippen LogP contribution is 2.23. The molecule has 0 saturated carbocycles. The summed E-state index contributed by atoms with van der Waals surface area (Å²) in [4.78, 5) is 16.7. The van der Waals surface area contributed by atoms with E-state index in [4.69, 9.17) is 16.3 Å². The van der Waals surface area contributed by atoms with Gasteiger partial charge in [-0.1, -0.05) is 23.7 Å². The molecule has 1 saturated heterocycles. The molecule has 1 amide bonds. The van der Waals surface area contributed by atoms with Crippen LogP contribution in [-0.4, -0.2) is 53.1 Å². The van der Waals surface area contributed by atoms with Crippen LogP contribution in [0, 0.1) is 5.82 Å². The topological polar surface area (TPSA) is 53.0 Å². The standard InChI is InChI=1S/C21H24ClFN2O3/c1-15-11-24(12-16-2-5-19(23)6-3-16)8-9-25(15)21(27)14-28-20-7-4-18(22)10-17(20)13-26/h2-7,10,15,26H,8-9,11-14H2,1H3. The van der Waals surface area contributed by atoms with Crippen LogP contribution < -0.4 is 4.74 Å². The van der Waals surface area contributed by atoms with Crippen LogP contribution in [0.1, 0.15) is 18.1 Å². The second-order valence-corrected chi connectivity index (χ2v) is 7.43. The summed E-state index contributed by atoms with van der Waals surface area (Å²) in [6, 6.07) is 11.5. The molecule has 0 aromatic heterocycles. The number of amides is 1. The van der Waals surface area contributed by atoms with Crippen molar-refractivity contribution < 1.29 is 19.0 Å². The van der Waals surface area contributed by atoms with Crippen LogP contribution in [0.3, 0.4) is 0 Å². The van der Waals surface area contributed by atoms with E-state index in [2.05, 4.69) is 4.90 Å². The van der Waals surface area contributed by atoms with Gasteiger partial charge in [0.15, 0.2) is 6.61 Å². The lowest BCUT2D eigenvalue weighted by atomic mass is 10.1. The highest BCUT2D eigenvalue weighted by Gasteiger charge is 2.27. The highest BCUT2D eigenvalue weighted by atomic mass is 35.5. The van der Waals surface area contributed by atoms with Crippen molar-refractivity contribution in [3.8, 4) is 5.75 Å². The number of rotatable bonds is 6. The molecule has 0 bridgehead atoms. The van der Waals surface area contributed by atoms with Crippen molar-refractivity contribution >= 4 is 17.5 Å². The number of carbonyl (C=O) groups is 1. The third-order valence-electron chi connectivity index (χ3n) is 4.90. The fourth-order valence-electron chi connectivity index (χ4n) is 3.43. The lowest BCUT2D eigenvalue weighted by molar-refractivity contribution is -0.138. The maximum atomic E-state index is 13.0. The first kappa shape index (κ1) is 20.6. The summed E-state index contributed by atoms with van der Waals surface area (Å²) >= 11 is 5.91. The van der Waals surface area contributed by atoms with E-state index in [9.17, 15) is 14.3 Å². The Morgan fingerprint density at radius 3 is 2.68 bits per heavy atom. The molecule has 5 nitrogen and oxygen atoms in total. The smallest absolute Gasteiger partial charge is 0.260 e. The zero-order chi connectivity index (χ0) is 20.1. The number of piperazine rings is 1. The van der Waals surface area contributed by atoms with Gasteiger partial charge in [0.1, 0.15) is 11.6 Å². The monoisotopic (exact) mass is 406 g/mol. The largest absolute Gasteiger partial charge is 0.483 e. The number of ether oxygens (including phenoxy) is 1. The Kier molecular flexibility index (Phi) is 6.88. The molecule has 3 rings (SSSR count). The van der Waals surface area contributed by atoms with Gasteiger partial charge < -0.3 is 14.7 Å². The molecule has 0 aliphatic carbocycles. The van der Waals surface area contributed by atoms with Crippen molar-refractivity contribution in [2.45, 2.75) is 26.1 Å². The summed E-state index contributed by atoms with van der Waals surface area (Å²) in [5.41, 5.74) is 1.61. The molecule has 1 aliphatic heterocycles. The number of aliphatic hydroxyl groups excluding tert-OH is 1. The predicted molar refractivity (Wildman–Crippen MR) is 106 cm³/mol. The molecular weight excluding hydrogens is 383 g/mol. The minimum atomic E-state index is -0.238. The van der Waals surface area contributed by atoms with E-state index < -0.39 is 0 Å². The summed E-state index contributed by atoms with van der Waals surface area (Å²) in [5.74, 6) is 0.133. The first-order chi connectivity index (χ1) is 13.5. The minimum Gasteiger partial charge on any atom is -0.483 e. The third-order valence-corrected chi connectivity index (χ3v) is 5.13. The molecule has 150 valence electrons. The highest BCUT2D eigenvalue weighted by molar-refractivity contribution is 6.30. The molecular formula is C21H24ClFN2O3. The summed E-state index contributed by atoms with van der Waals surface area (Å²) < 4.78 is 18.7. The van der Waals surface area contributed by atoms with E-state index in [-0.39, 0.29) is 31.0 Å². The van der Waals surface area contributed by atoms with Crippen molar-refractivity contribution in [1.82, 2.24) is 9.80 Å². The van der Waals surface area contributed by atoms with Gasteiger partial charge in [-0.2, -0.15) is 0 Å². The van der Waals surface area contributed by atoms with Crippen LogP contribution in [0.5, 0.6) is 5.75 Å². The molecule has 1 aliphatic rings. The lowest BCUT2D eigenvalue weighted by Crippen LogP contribution is -2.54. The normalized spacial score (nSPS) is 17.6. The Bertz CT molecular complexity index is 816. The Morgan fingerprint density at radius 1 is 1.25 bits per heavy atom. The maximum absolute atomic E-state index is 13.0. The van der Waals surface area contributed by atoms with E-state index >= 15 is 0 Å². The average Bonchev–Trinajstić information content (AvgIpc) is 2.68. The van der Waals surface area contributed by atoms with Crippen molar-refractivity contribution in [2.24, 2.45) is 0 Å². The third kappa shape index (κ3) is 5.22. The van der Waals surface area contributed by atoms with Gasteiger partial charge in [0, 0.05) is 42.8 Å². The van der Waals surface area contributed by atoms with Crippen molar-refractivity contribution in [1.29, 1.82) is 0 Å². The number of nitrogens with zero attached hydrogens (tertiary/aromatic N) is 2. The van der Waals surface area contributed by atoms with Crippen molar-refractivity contribution in [3.05, 3.63) is 64.4 Å². The van der Waals surface area contributed by atoms with Crippen LogP contribution in [-0.2, 0) is 17.9 Å². The number of benzene rings is 2. The van der Waals surface area contributed by atoms with Crippen molar-refractivity contribution in [3.63, 3.8) is 0 Å². The number of hydrogen-bond donors (Lipinski definition) is 1. The van der Waals surface area contributed by atoms with Crippen molar-refractivity contribution in [2.75, 3.05) is 26.2 Å². The lowest BCUT2D eigenvalue weighted by Gasteiger charge is -2.39. The van der Waals surface area contributed by atoms with E-state index in [1.165, 1.54) is 12.1 Å². The number of carbonyl (C=O) groups excluding carboxylic acids is 1. The molecule has 7 heteroatoms. The molecule has 28 heavy (non-hydrogen) atoms. The van der Waals surface area contributed by atoms with Gasteiger partial charge in [-0.15, -0.1) is 0 Å². The van der Waals surface area contributed by atoms with Gasteiger partial charge in [0.05, 0.1) is 6.61 Å². The Balaban J connectivity index is 1.52. The zero-order valence-corrected chi connectivity index (χ0v) is 16.5. The van der Waals surface area contributed by atoms with E-state index in [0.717, 1.165) is 25.2 Å². The molecule has 1 atom stereocenters. The number of aliphatic hydroxyl groups is 1. The summed E-state index contributed by atoms with van der Waals surface area (Å²) in [6.07, 6.45) is 0. The Morgan fingerprint density at radius 2 is 2.00 bits per heavy atom. The summed E-state index contributed by atoms with van der Waals surface area (Å²) in [6.45, 7) is 4.55. The zero-order valence-electron chi connectivity index (χ0n) is 15.8. The van der Waals surface area contributed by atoms with Crippen LogP contribution in [0.25, 0.3) is 0 Å². The fraction of sp³-hybridized carbons (Fsp3) is 0.381. The van der Waals surface area contributed by atoms with Crippen LogP contribution >= 0.6 is 11.6 Å². The first-order valence-corrected chi connectivity index (χ1v) is 9.62. The van der Waals surface area contributed by atoms with Crippen LogP contribution in [0.4, 0.5) is 4.39 Å². The average molecular weight is 407 g/mol. The molecule has 1 unspecified atom stereocenters. The second-order valence-electron chi connectivity index (χ2n) is 7.00. The second kappa shape index (κ2) is 9.37. The number of halogens is 2. The molecule has 1 N–H and O–H groups in total. The molecule has 2 aromatic rings. The quantitative estimate of drug-likeness (QED) is 0.801. The fourth-order valence-corrected chi connectivity index (χ4v) is 3.62. The Labute approximate surface area is 169 Å². The van der Waals surface area contributed by atoms with Crippen LogP contribution in [0.2, 0.25) is 5.02 Å². The summed E-state index contributed by atoms with van der Waals surface area (Å²) in [7, 11) is 0. The van der Waals surface area contributed by atoms with Gasteiger partial charge >= 0.3 is 0 Å². The number of hydrogen-bond acceptors (Lipinski definition) is 4. The molecule has 0 spiro atoms.